The van der Waals surface area contributed by atoms with E-state index in [-0.39, 0.29) is 17.9 Å². The molecule has 0 saturated heterocycles. The fourth-order valence-corrected chi connectivity index (χ4v) is 2.20. The van der Waals surface area contributed by atoms with E-state index in [1.807, 2.05) is 18.2 Å². The highest BCUT2D eigenvalue weighted by Gasteiger charge is 2.28. The van der Waals surface area contributed by atoms with Crippen LogP contribution in [0.3, 0.4) is 0 Å². The molecule has 0 spiro atoms. The Balaban J connectivity index is 1.79. The van der Waals surface area contributed by atoms with E-state index in [1.54, 1.807) is 14.2 Å². The van der Waals surface area contributed by atoms with Gasteiger partial charge in [0.2, 0.25) is 5.91 Å². The Morgan fingerprint density at radius 2 is 1.95 bits per heavy atom. The van der Waals surface area contributed by atoms with Crippen LogP contribution in [-0.4, -0.2) is 33.2 Å². The molecule has 0 radical (unpaired) electrons. The van der Waals surface area contributed by atoms with E-state index in [1.165, 1.54) is 0 Å². The molecule has 0 heterocycles. The van der Waals surface area contributed by atoms with Crippen LogP contribution in [0.25, 0.3) is 0 Å². The number of methoxy groups -OCH3 is 2. The van der Waals surface area contributed by atoms with Gasteiger partial charge in [-0.05, 0) is 37.5 Å². The summed E-state index contributed by atoms with van der Waals surface area (Å²) in [7, 11) is 3.26. The van der Waals surface area contributed by atoms with Gasteiger partial charge in [0.1, 0.15) is 0 Å². The van der Waals surface area contributed by atoms with Crippen LogP contribution in [0.5, 0.6) is 11.5 Å². The summed E-state index contributed by atoms with van der Waals surface area (Å²) >= 11 is 0. The zero-order chi connectivity index (χ0) is 15.2. The van der Waals surface area contributed by atoms with Crippen LogP contribution in [0.15, 0.2) is 18.2 Å². The predicted molar refractivity (Wildman–Crippen MR) is 81.7 cm³/mol. The molecule has 1 atom stereocenters. The Hall–Kier alpha value is -1.75. The highest BCUT2D eigenvalue weighted by atomic mass is 16.5. The number of hydrogen-bond donors (Lipinski definition) is 2. The van der Waals surface area contributed by atoms with Gasteiger partial charge in [-0.15, -0.1) is 0 Å². The van der Waals surface area contributed by atoms with Crippen molar-refractivity contribution in [1.29, 1.82) is 0 Å². The van der Waals surface area contributed by atoms with Crippen molar-refractivity contribution in [3.63, 3.8) is 0 Å². The molecule has 1 saturated carbocycles. The second-order valence-corrected chi connectivity index (χ2v) is 5.36. The second-order valence-electron chi connectivity index (χ2n) is 5.36. The lowest BCUT2D eigenvalue weighted by atomic mass is 10.1. The number of rotatable bonds is 8. The molecule has 1 amide bonds. The summed E-state index contributed by atoms with van der Waals surface area (Å²) in [5.41, 5.74) is 1.13. The Morgan fingerprint density at radius 3 is 2.57 bits per heavy atom. The van der Waals surface area contributed by atoms with Crippen molar-refractivity contribution >= 4 is 5.91 Å². The maximum absolute atomic E-state index is 11.5. The largest absolute Gasteiger partial charge is 0.493 e. The molecular weight excluding hydrogens is 268 g/mol. The minimum absolute atomic E-state index is 0.183. The molecule has 5 heteroatoms. The number of benzene rings is 1. The van der Waals surface area contributed by atoms with Crippen molar-refractivity contribution in [2.45, 2.75) is 25.8 Å². The maximum atomic E-state index is 11.5. The summed E-state index contributed by atoms with van der Waals surface area (Å²) in [6.45, 7) is 3.49. The average Bonchev–Trinajstić information content (AvgIpc) is 3.35. The molecule has 1 aliphatic rings. The second kappa shape index (κ2) is 7.31. The highest BCUT2D eigenvalue weighted by molar-refractivity contribution is 5.80. The van der Waals surface area contributed by atoms with E-state index in [4.69, 9.17) is 9.47 Å². The Kier molecular flexibility index (Phi) is 5.44. The SMILES string of the molecule is COc1ccc(C(C)NCCNC(=O)C2CC2)cc1OC. The summed E-state index contributed by atoms with van der Waals surface area (Å²) in [4.78, 5) is 11.5. The van der Waals surface area contributed by atoms with E-state index in [0.29, 0.717) is 6.54 Å². The Morgan fingerprint density at radius 1 is 1.24 bits per heavy atom. The summed E-state index contributed by atoms with van der Waals surface area (Å²) in [5.74, 6) is 1.92. The molecule has 0 aromatic heterocycles. The van der Waals surface area contributed by atoms with E-state index in [9.17, 15) is 4.79 Å². The van der Waals surface area contributed by atoms with E-state index >= 15 is 0 Å². The first kappa shape index (κ1) is 15.6. The van der Waals surface area contributed by atoms with Crippen LogP contribution in [0.2, 0.25) is 0 Å². The van der Waals surface area contributed by atoms with E-state index in [2.05, 4.69) is 17.6 Å². The van der Waals surface area contributed by atoms with Gasteiger partial charge in [0.15, 0.2) is 11.5 Å². The first-order valence-electron chi connectivity index (χ1n) is 7.38. The Labute approximate surface area is 126 Å². The van der Waals surface area contributed by atoms with Gasteiger partial charge >= 0.3 is 0 Å². The molecule has 2 rings (SSSR count). The first-order valence-corrected chi connectivity index (χ1v) is 7.38. The van der Waals surface area contributed by atoms with Crippen molar-refractivity contribution in [2.24, 2.45) is 5.92 Å². The molecule has 0 bridgehead atoms. The van der Waals surface area contributed by atoms with Gasteiger partial charge in [0.05, 0.1) is 14.2 Å². The molecule has 21 heavy (non-hydrogen) atoms. The van der Waals surface area contributed by atoms with Crippen molar-refractivity contribution in [3.05, 3.63) is 23.8 Å². The molecule has 2 N–H and O–H groups in total. The van der Waals surface area contributed by atoms with E-state index in [0.717, 1.165) is 36.4 Å². The van der Waals surface area contributed by atoms with Gasteiger partial charge in [-0.2, -0.15) is 0 Å². The minimum atomic E-state index is 0.183. The molecule has 1 aromatic carbocycles. The van der Waals surface area contributed by atoms with Gasteiger partial charge in [-0.25, -0.2) is 0 Å². The lowest BCUT2D eigenvalue weighted by molar-refractivity contribution is -0.122. The lowest BCUT2D eigenvalue weighted by Crippen LogP contribution is -2.33. The first-order chi connectivity index (χ1) is 10.2. The third kappa shape index (κ3) is 4.36. The summed E-state index contributed by atoms with van der Waals surface area (Å²) in [5, 5.41) is 6.34. The van der Waals surface area contributed by atoms with Crippen LogP contribution in [0.4, 0.5) is 0 Å². The normalized spacial score (nSPS) is 15.4. The third-order valence-electron chi connectivity index (χ3n) is 3.73. The van der Waals surface area contributed by atoms with Crippen LogP contribution < -0.4 is 20.1 Å². The minimum Gasteiger partial charge on any atom is -0.493 e. The lowest BCUT2D eigenvalue weighted by Gasteiger charge is -2.16. The Bertz CT molecular complexity index is 486. The van der Waals surface area contributed by atoms with Gasteiger partial charge in [0, 0.05) is 25.0 Å². The van der Waals surface area contributed by atoms with Crippen LogP contribution in [-0.2, 0) is 4.79 Å². The smallest absolute Gasteiger partial charge is 0.223 e. The molecule has 5 nitrogen and oxygen atoms in total. The molecular formula is C16H24N2O3. The zero-order valence-electron chi connectivity index (χ0n) is 12.9. The number of carbonyl (C=O) groups is 1. The van der Waals surface area contributed by atoms with Gasteiger partial charge < -0.3 is 20.1 Å². The molecule has 1 fully saturated rings. The average molecular weight is 292 g/mol. The third-order valence-corrected chi connectivity index (χ3v) is 3.73. The van der Waals surface area contributed by atoms with Gasteiger partial charge in [-0.1, -0.05) is 6.07 Å². The quantitative estimate of drug-likeness (QED) is 0.718. The van der Waals surface area contributed by atoms with Crippen molar-refractivity contribution < 1.29 is 14.3 Å². The number of amides is 1. The summed E-state index contributed by atoms with van der Waals surface area (Å²) < 4.78 is 10.5. The summed E-state index contributed by atoms with van der Waals surface area (Å²) in [6, 6.07) is 6.07. The molecule has 1 aromatic rings. The van der Waals surface area contributed by atoms with Crippen molar-refractivity contribution in [3.8, 4) is 11.5 Å². The van der Waals surface area contributed by atoms with Crippen molar-refractivity contribution in [2.75, 3.05) is 27.3 Å². The molecule has 0 aliphatic heterocycles. The van der Waals surface area contributed by atoms with Crippen LogP contribution in [0, 0.1) is 5.92 Å². The topological polar surface area (TPSA) is 59.6 Å². The molecule has 1 aliphatic carbocycles. The van der Waals surface area contributed by atoms with Crippen molar-refractivity contribution in [1.82, 2.24) is 10.6 Å². The monoisotopic (exact) mass is 292 g/mol. The van der Waals surface area contributed by atoms with Crippen LogP contribution >= 0.6 is 0 Å². The van der Waals surface area contributed by atoms with Crippen LogP contribution in [0.1, 0.15) is 31.4 Å². The number of nitrogens with one attached hydrogen (secondary N) is 2. The molecule has 116 valence electrons. The predicted octanol–water partition coefficient (Wildman–Crippen LogP) is 1.88. The zero-order valence-corrected chi connectivity index (χ0v) is 12.9. The summed E-state index contributed by atoms with van der Waals surface area (Å²) in [6.07, 6.45) is 2.09. The van der Waals surface area contributed by atoms with Gasteiger partial charge in [-0.3, -0.25) is 4.79 Å². The number of carbonyl (C=O) groups excluding carboxylic acids is 1. The van der Waals surface area contributed by atoms with Gasteiger partial charge in [0.25, 0.3) is 0 Å². The number of ether oxygens (including phenoxy) is 2. The highest BCUT2D eigenvalue weighted by Crippen LogP contribution is 2.30. The molecule has 1 unspecified atom stereocenters. The number of hydrogen-bond acceptors (Lipinski definition) is 4. The maximum Gasteiger partial charge on any atom is 0.223 e. The van der Waals surface area contributed by atoms with E-state index < -0.39 is 0 Å². The fraction of sp³-hybridized carbons (Fsp3) is 0.562. The standard InChI is InChI=1S/C16H24N2O3/c1-11(17-8-9-18-16(19)12-4-5-12)13-6-7-14(20-2)15(10-13)21-3/h6-7,10-12,17H,4-5,8-9H2,1-3H3,(H,18,19). The fourth-order valence-electron chi connectivity index (χ4n) is 2.20.